The van der Waals surface area contributed by atoms with E-state index >= 15 is 0 Å². The van der Waals surface area contributed by atoms with E-state index in [4.69, 9.17) is 5.73 Å². The fourth-order valence-electron chi connectivity index (χ4n) is 2.63. The van der Waals surface area contributed by atoms with Crippen molar-refractivity contribution in [2.24, 2.45) is 17.1 Å². The minimum atomic E-state index is 0.591. The Balaban J connectivity index is 1.95. The van der Waals surface area contributed by atoms with Gasteiger partial charge in [-0.15, -0.1) is 0 Å². The molecule has 2 fully saturated rings. The first-order chi connectivity index (χ1) is 5.87. The summed E-state index contributed by atoms with van der Waals surface area (Å²) >= 11 is 2.14. The van der Waals surface area contributed by atoms with Crippen LogP contribution < -0.4 is 5.73 Å². The first kappa shape index (κ1) is 8.89. The number of nitrogens with two attached hydrogens (primary N) is 1. The highest BCUT2D eigenvalue weighted by molar-refractivity contribution is 7.99. The van der Waals surface area contributed by atoms with Crippen molar-refractivity contribution in [3.05, 3.63) is 0 Å². The Morgan fingerprint density at radius 2 is 2.17 bits per heavy atom. The van der Waals surface area contributed by atoms with E-state index in [0.717, 1.165) is 12.5 Å². The summed E-state index contributed by atoms with van der Waals surface area (Å²) in [5.41, 5.74) is 6.48. The zero-order valence-electron chi connectivity index (χ0n) is 7.72. The van der Waals surface area contributed by atoms with Crippen molar-refractivity contribution in [2.75, 3.05) is 18.1 Å². The largest absolute Gasteiger partial charge is 0.330 e. The average Bonchev–Trinajstić information content (AvgIpc) is 2.05. The minimum Gasteiger partial charge on any atom is -0.330 e. The van der Waals surface area contributed by atoms with Gasteiger partial charge in [-0.3, -0.25) is 0 Å². The predicted octanol–water partition coefficient (Wildman–Crippen LogP) is 2.26. The summed E-state index contributed by atoms with van der Waals surface area (Å²) in [6, 6.07) is 0. The van der Waals surface area contributed by atoms with Crippen LogP contribution in [0, 0.1) is 11.3 Å². The smallest absolute Gasteiger partial charge is 0.00176 e. The maximum absolute atomic E-state index is 5.89. The molecule has 1 atom stereocenters. The minimum absolute atomic E-state index is 0.591. The van der Waals surface area contributed by atoms with Crippen LogP contribution in [-0.2, 0) is 0 Å². The molecule has 2 aliphatic rings. The lowest BCUT2D eigenvalue weighted by molar-refractivity contribution is 0.0648. The molecule has 1 aliphatic carbocycles. The van der Waals surface area contributed by atoms with Crippen LogP contribution in [0.25, 0.3) is 0 Å². The monoisotopic (exact) mass is 185 g/mol. The lowest BCUT2D eigenvalue weighted by Crippen LogP contribution is -2.45. The van der Waals surface area contributed by atoms with E-state index in [0.29, 0.717) is 5.41 Å². The van der Waals surface area contributed by atoms with Gasteiger partial charge in [-0.1, -0.05) is 6.42 Å². The molecule has 0 radical (unpaired) electrons. The molecule has 1 saturated heterocycles. The third-order valence-corrected chi connectivity index (χ3v) is 5.00. The summed E-state index contributed by atoms with van der Waals surface area (Å²) in [4.78, 5) is 0. The molecule has 70 valence electrons. The van der Waals surface area contributed by atoms with Crippen molar-refractivity contribution >= 4 is 11.8 Å². The molecule has 0 amide bonds. The summed E-state index contributed by atoms with van der Waals surface area (Å²) in [7, 11) is 0. The fourth-order valence-corrected chi connectivity index (χ4v) is 3.98. The zero-order valence-corrected chi connectivity index (χ0v) is 8.54. The molecule has 2 rings (SSSR count). The predicted molar refractivity (Wildman–Crippen MR) is 55.4 cm³/mol. The molecule has 0 aromatic heterocycles. The third kappa shape index (κ3) is 1.39. The molecule has 0 spiro atoms. The normalized spacial score (nSPS) is 34.2. The summed E-state index contributed by atoms with van der Waals surface area (Å²) < 4.78 is 0. The molecular weight excluding hydrogens is 166 g/mol. The lowest BCUT2D eigenvalue weighted by Gasteiger charge is -2.48. The topological polar surface area (TPSA) is 26.0 Å². The van der Waals surface area contributed by atoms with Crippen molar-refractivity contribution in [3.63, 3.8) is 0 Å². The molecular formula is C10H19NS. The van der Waals surface area contributed by atoms with E-state index in [1.165, 1.54) is 43.6 Å². The molecule has 0 aromatic carbocycles. The molecule has 1 saturated carbocycles. The Labute approximate surface area is 79.5 Å². The summed E-state index contributed by atoms with van der Waals surface area (Å²) in [5.74, 6) is 3.73. The second kappa shape index (κ2) is 3.59. The van der Waals surface area contributed by atoms with E-state index in [2.05, 4.69) is 11.8 Å². The highest BCUT2D eigenvalue weighted by Gasteiger charge is 2.42. The molecule has 0 bridgehead atoms. The van der Waals surface area contributed by atoms with Gasteiger partial charge in [0.2, 0.25) is 0 Å². The standard InChI is InChI=1S/C10H19NS/c11-8-10(4-2-5-10)9-3-1-6-12-7-9/h9H,1-8,11H2. The molecule has 1 aliphatic heterocycles. The zero-order chi connectivity index (χ0) is 8.44. The highest BCUT2D eigenvalue weighted by atomic mass is 32.2. The first-order valence-corrected chi connectivity index (χ1v) is 6.31. The summed E-state index contributed by atoms with van der Waals surface area (Å²) in [6.45, 7) is 0.943. The van der Waals surface area contributed by atoms with E-state index in [1.807, 2.05) is 0 Å². The Morgan fingerprint density at radius 1 is 1.33 bits per heavy atom. The molecule has 12 heavy (non-hydrogen) atoms. The van der Waals surface area contributed by atoms with Gasteiger partial charge < -0.3 is 5.73 Å². The van der Waals surface area contributed by atoms with E-state index in [1.54, 1.807) is 0 Å². The molecule has 0 aromatic rings. The molecule has 1 unspecified atom stereocenters. The van der Waals surface area contributed by atoms with E-state index in [9.17, 15) is 0 Å². The number of hydrogen-bond donors (Lipinski definition) is 1. The van der Waals surface area contributed by atoms with Crippen LogP contribution in [0.4, 0.5) is 0 Å². The first-order valence-electron chi connectivity index (χ1n) is 5.15. The van der Waals surface area contributed by atoms with Crippen LogP contribution in [-0.4, -0.2) is 18.1 Å². The Kier molecular flexibility index (Phi) is 2.66. The molecule has 1 heterocycles. The quantitative estimate of drug-likeness (QED) is 0.714. The van der Waals surface area contributed by atoms with Gasteiger partial charge in [-0.05, 0) is 55.1 Å². The van der Waals surface area contributed by atoms with Crippen LogP contribution in [0.5, 0.6) is 0 Å². The average molecular weight is 185 g/mol. The Hall–Kier alpha value is 0.310. The highest BCUT2D eigenvalue weighted by Crippen LogP contribution is 2.50. The van der Waals surface area contributed by atoms with Gasteiger partial charge in [0.25, 0.3) is 0 Å². The van der Waals surface area contributed by atoms with Crippen molar-refractivity contribution in [1.29, 1.82) is 0 Å². The molecule has 2 N–H and O–H groups in total. The molecule has 2 heteroatoms. The van der Waals surface area contributed by atoms with Gasteiger partial charge in [0.05, 0.1) is 0 Å². The van der Waals surface area contributed by atoms with Crippen molar-refractivity contribution < 1.29 is 0 Å². The van der Waals surface area contributed by atoms with Gasteiger partial charge >= 0.3 is 0 Å². The van der Waals surface area contributed by atoms with E-state index < -0.39 is 0 Å². The maximum Gasteiger partial charge on any atom is -0.00176 e. The van der Waals surface area contributed by atoms with Crippen LogP contribution >= 0.6 is 11.8 Å². The van der Waals surface area contributed by atoms with Gasteiger partial charge in [-0.25, -0.2) is 0 Å². The van der Waals surface area contributed by atoms with Crippen molar-refractivity contribution in [1.82, 2.24) is 0 Å². The second-order valence-corrected chi connectivity index (χ2v) is 5.48. The Bertz CT molecular complexity index is 142. The number of thioether (sulfide) groups is 1. The van der Waals surface area contributed by atoms with Crippen LogP contribution in [0.2, 0.25) is 0 Å². The number of rotatable bonds is 2. The molecule has 1 nitrogen and oxygen atoms in total. The van der Waals surface area contributed by atoms with Crippen LogP contribution in [0.1, 0.15) is 32.1 Å². The van der Waals surface area contributed by atoms with Gasteiger partial charge in [0.1, 0.15) is 0 Å². The number of hydrogen-bond acceptors (Lipinski definition) is 2. The second-order valence-electron chi connectivity index (χ2n) is 4.33. The maximum atomic E-state index is 5.89. The van der Waals surface area contributed by atoms with Gasteiger partial charge in [0, 0.05) is 0 Å². The van der Waals surface area contributed by atoms with Crippen molar-refractivity contribution in [2.45, 2.75) is 32.1 Å². The SMILES string of the molecule is NCC1(C2CCCSC2)CCC1. The Morgan fingerprint density at radius 3 is 2.58 bits per heavy atom. The van der Waals surface area contributed by atoms with Crippen LogP contribution in [0.15, 0.2) is 0 Å². The van der Waals surface area contributed by atoms with Crippen molar-refractivity contribution in [3.8, 4) is 0 Å². The fraction of sp³-hybridized carbons (Fsp3) is 1.00. The van der Waals surface area contributed by atoms with Gasteiger partial charge in [-0.2, -0.15) is 11.8 Å². The third-order valence-electron chi connectivity index (χ3n) is 3.78. The van der Waals surface area contributed by atoms with Crippen LogP contribution in [0.3, 0.4) is 0 Å². The lowest BCUT2D eigenvalue weighted by atomic mass is 9.60. The summed E-state index contributed by atoms with van der Waals surface area (Å²) in [5, 5.41) is 0. The van der Waals surface area contributed by atoms with Gasteiger partial charge in [0.15, 0.2) is 0 Å². The summed E-state index contributed by atoms with van der Waals surface area (Å²) in [6.07, 6.45) is 7.13. The van der Waals surface area contributed by atoms with E-state index in [-0.39, 0.29) is 0 Å².